The lowest BCUT2D eigenvalue weighted by Gasteiger charge is -2.39. The molecule has 2 aromatic heterocycles. The zero-order chi connectivity index (χ0) is 17.4. The largest absolute Gasteiger partial charge is 0.388 e. The number of pyridine rings is 1. The Morgan fingerprint density at radius 3 is 3.04 bits per heavy atom. The molecule has 0 radical (unpaired) electrons. The fraction of sp³-hybridized carbons (Fsp3) is 0.438. The molecule has 5 atom stereocenters. The SMILES string of the molecule is Cc1nccn1[C@H]1[C@@H]2OC[C@@H](O2)[C@@H](NC(=O)Nc2cccnc2)[C@@H]1O. The fourth-order valence-electron chi connectivity index (χ4n) is 3.33. The topological polar surface area (TPSA) is 111 Å². The van der Waals surface area contributed by atoms with Crippen molar-refractivity contribution in [1.82, 2.24) is 19.9 Å². The molecule has 132 valence electrons. The van der Waals surface area contributed by atoms with Gasteiger partial charge in [-0.3, -0.25) is 4.98 Å². The Labute approximate surface area is 144 Å². The molecule has 0 spiro atoms. The van der Waals surface area contributed by atoms with Crippen LogP contribution in [0.3, 0.4) is 0 Å². The number of hydrogen-bond donors (Lipinski definition) is 3. The van der Waals surface area contributed by atoms with Gasteiger partial charge in [0.2, 0.25) is 0 Å². The van der Waals surface area contributed by atoms with Gasteiger partial charge in [0.1, 0.15) is 24.1 Å². The number of nitrogens with one attached hydrogen (secondary N) is 2. The van der Waals surface area contributed by atoms with E-state index in [1.54, 1.807) is 36.9 Å². The van der Waals surface area contributed by atoms with Gasteiger partial charge in [0.05, 0.1) is 24.5 Å². The van der Waals surface area contributed by atoms with Gasteiger partial charge < -0.3 is 29.8 Å². The number of amides is 2. The summed E-state index contributed by atoms with van der Waals surface area (Å²) in [6, 6.07) is 1.92. The molecule has 0 aromatic carbocycles. The highest BCUT2D eigenvalue weighted by Crippen LogP contribution is 2.36. The molecule has 2 saturated heterocycles. The van der Waals surface area contributed by atoms with Gasteiger partial charge >= 0.3 is 6.03 Å². The van der Waals surface area contributed by atoms with Crippen LogP contribution < -0.4 is 10.6 Å². The van der Waals surface area contributed by atoms with Gasteiger partial charge in [-0.15, -0.1) is 0 Å². The average Bonchev–Trinajstić information content (AvgIpc) is 3.21. The number of aliphatic hydroxyl groups excluding tert-OH is 1. The van der Waals surface area contributed by atoms with Crippen LogP contribution in [-0.2, 0) is 9.47 Å². The Hall–Kier alpha value is -2.49. The first-order valence-electron chi connectivity index (χ1n) is 8.05. The summed E-state index contributed by atoms with van der Waals surface area (Å²) in [5, 5.41) is 16.3. The monoisotopic (exact) mass is 345 g/mol. The standard InChI is InChI=1S/C16H19N5O4/c1-9-18-5-6-21(9)13-14(22)12(11-8-24-15(13)25-11)20-16(23)19-10-3-2-4-17-7-10/h2-7,11-15,22H,8H2,1H3,(H2,19,20,23)/t11-,12-,13-,14+,15-/m1/s1. The minimum Gasteiger partial charge on any atom is -0.388 e. The van der Waals surface area contributed by atoms with Gasteiger partial charge in [-0.1, -0.05) is 0 Å². The molecule has 2 amide bonds. The van der Waals surface area contributed by atoms with Crippen molar-refractivity contribution >= 4 is 11.7 Å². The molecule has 2 fully saturated rings. The van der Waals surface area contributed by atoms with Crippen molar-refractivity contribution in [1.29, 1.82) is 0 Å². The zero-order valence-corrected chi connectivity index (χ0v) is 13.6. The second-order valence-electron chi connectivity index (χ2n) is 6.11. The van der Waals surface area contributed by atoms with Crippen LogP contribution in [0.25, 0.3) is 0 Å². The maximum Gasteiger partial charge on any atom is 0.319 e. The highest BCUT2D eigenvalue weighted by molar-refractivity contribution is 5.89. The summed E-state index contributed by atoms with van der Waals surface area (Å²) in [6.45, 7) is 2.15. The Bertz CT molecular complexity index is 752. The third-order valence-electron chi connectivity index (χ3n) is 4.53. The van der Waals surface area contributed by atoms with Crippen molar-refractivity contribution in [2.45, 2.75) is 37.5 Å². The smallest absolute Gasteiger partial charge is 0.319 e. The van der Waals surface area contributed by atoms with Gasteiger partial charge in [-0.05, 0) is 19.1 Å². The molecule has 2 bridgehead atoms. The number of ether oxygens (including phenoxy) is 2. The Balaban J connectivity index is 1.51. The van der Waals surface area contributed by atoms with Crippen LogP contribution in [0.2, 0.25) is 0 Å². The molecule has 0 unspecified atom stereocenters. The van der Waals surface area contributed by atoms with E-state index in [1.807, 2.05) is 11.5 Å². The Morgan fingerprint density at radius 1 is 1.44 bits per heavy atom. The molecule has 2 aliphatic rings. The minimum atomic E-state index is -0.876. The summed E-state index contributed by atoms with van der Waals surface area (Å²) in [7, 11) is 0. The maximum atomic E-state index is 12.3. The van der Waals surface area contributed by atoms with Crippen molar-refractivity contribution in [3.8, 4) is 0 Å². The second kappa shape index (κ2) is 6.43. The number of imidazole rings is 1. The van der Waals surface area contributed by atoms with Gasteiger partial charge in [0, 0.05) is 18.6 Å². The molecule has 2 aliphatic heterocycles. The number of urea groups is 1. The highest BCUT2D eigenvalue weighted by Gasteiger charge is 2.51. The summed E-state index contributed by atoms with van der Waals surface area (Å²) < 4.78 is 13.3. The number of rotatable bonds is 3. The van der Waals surface area contributed by atoms with Crippen LogP contribution in [0.5, 0.6) is 0 Å². The number of aromatic nitrogens is 3. The minimum absolute atomic E-state index is 0.309. The van der Waals surface area contributed by atoms with Crippen molar-refractivity contribution in [2.24, 2.45) is 0 Å². The number of fused-ring (bicyclic) bond motifs is 2. The molecular formula is C16H19N5O4. The normalized spacial score (nSPS) is 30.9. The van der Waals surface area contributed by atoms with E-state index in [0.717, 1.165) is 5.82 Å². The summed E-state index contributed by atoms with van der Waals surface area (Å²) in [5.74, 6) is 0.736. The summed E-state index contributed by atoms with van der Waals surface area (Å²) in [6.07, 6.45) is 4.74. The van der Waals surface area contributed by atoms with Gasteiger partial charge in [-0.25, -0.2) is 9.78 Å². The number of aliphatic hydroxyl groups is 1. The van der Waals surface area contributed by atoms with E-state index in [4.69, 9.17) is 9.47 Å². The van der Waals surface area contributed by atoms with Gasteiger partial charge in [0.25, 0.3) is 0 Å². The fourth-order valence-corrected chi connectivity index (χ4v) is 3.33. The van der Waals surface area contributed by atoms with E-state index in [1.165, 1.54) is 0 Å². The van der Waals surface area contributed by atoms with E-state index >= 15 is 0 Å². The van der Waals surface area contributed by atoms with Crippen molar-refractivity contribution in [2.75, 3.05) is 11.9 Å². The van der Waals surface area contributed by atoms with Gasteiger partial charge in [0.15, 0.2) is 6.29 Å². The number of aryl methyl sites for hydroxylation is 1. The molecule has 3 N–H and O–H groups in total. The highest BCUT2D eigenvalue weighted by atomic mass is 16.7. The predicted octanol–water partition coefficient (Wildman–Crippen LogP) is 0.434. The van der Waals surface area contributed by atoms with Crippen LogP contribution >= 0.6 is 0 Å². The Kier molecular flexibility index (Phi) is 4.12. The number of carbonyl (C=O) groups is 1. The number of anilines is 1. The summed E-state index contributed by atoms with van der Waals surface area (Å²) in [5.41, 5.74) is 0.564. The van der Waals surface area contributed by atoms with E-state index in [-0.39, 0.29) is 0 Å². The molecule has 0 aliphatic carbocycles. The second-order valence-corrected chi connectivity index (χ2v) is 6.11. The third-order valence-corrected chi connectivity index (χ3v) is 4.53. The molecule has 4 heterocycles. The zero-order valence-electron chi connectivity index (χ0n) is 13.6. The first kappa shape index (κ1) is 16.0. The average molecular weight is 345 g/mol. The number of nitrogens with zero attached hydrogens (tertiary/aromatic N) is 3. The van der Waals surface area contributed by atoms with Crippen LogP contribution in [-0.4, -0.2) is 56.8 Å². The van der Waals surface area contributed by atoms with E-state index in [2.05, 4.69) is 20.6 Å². The molecule has 9 heteroatoms. The quantitative estimate of drug-likeness (QED) is 0.744. The van der Waals surface area contributed by atoms with E-state index in [0.29, 0.717) is 12.3 Å². The molecule has 0 saturated carbocycles. The van der Waals surface area contributed by atoms with Crippen LogP contribution in [0, 0.1) is 6.92 Å². The lowest BCUT2D eigenvalue weighted by Crippen LogP contribution is -2.59. The summed E-state index contributed by atoms with van der Waals surface area (Å²) >= 11 is 0. The molecule has 2 aromatic rings. The van der Waals surface area contributed by atoms with Gasteiger partial charge in [-0.2, -0.15) is 0 Å². The first-order valence-corrected chi connectivity index (χ1v) is 8.05. The van der Waals surface area contributed by atoms with Crippen LogP contribution in [0.4, 0.5) is 10.5 Å². The maximum absolute atomic E-state index is 12.3. The van der Waals surface area contributed by atoms with Crippen molar-refractivity contribution < 1.29 is 19.4 Å². The Morgan fingerprint density at radius 2 is 2.32 bits per heavy atom. The summed E-state index contributed by atoms with van der Waals surface area (Å²) in [4.78, 5) is 20.4. The molecular weight excluding hydrogens is 326 g/mol. The first-order chi connectivity index (χ1) is 12.1. The molecule has 9 nitrogen and oxygen atoms in total. The third kappa shape index (κ3) is 2.97. The van der Waals surface area contributed by atoms with Crippen LogP contribution in [0.15, 0.2) is 36.9 Å². The lowest BCUT2D eigenvalue weighted by molar-refractivity contribution is -0.163. The van der Waals surface area contributed by atoms with Crippen molar-refractivity contribution in [3.63, 3.8) is 0 Å². The number of carbonyl (C=O) groups excluding carboxylic acids is 1. The van der Waals surface area contributed by atoms with Crippen LogP contribution in [0.1, 0.15) is 11.9 Å². The lowest BCUT2D eigenvalue weighted by atomic mass is 9.96. The van der Waals surface area contributed by atoms with Crippen molar-refractivity contribution in [3.05, 3.63) is 42.7 Å². The predicted molar refractivity (Wildman–Crippen MR) is 86.8 cm³/mol. The number of hydrogen-bond acceptors (Lipinski definition) is 6. The molecule has 25 heavy (non-hydrogen) atoms. The van der Waals surface area contributed by atoms with E-state index in [9.17, 15) is 9.90 Å². The van der Waals surface area contributed by atoms with E-state index < -0.39 is 36.6 Å². The molecule has 4 rings (SSSR count).